The summed E-state index contributed by atoms with van der Waals surface area (Å²) in [4.78, 5) is 24.9. The zero-order valence-corrected chi connectivity index (χ0v) is 10.1. The zero-order chi connectivity index (χ0) is 13.5. The lowest BCUT2D eigenvalue weighted by molar-refractivity contribution is -0.389. The number of hydrogen-bond acceptors (Lipinski definition) is 5. The Bertz CT molecular complexity index is 414. The van der Waals surface area contributed by atoms with Gasteiger partial charge in [0.15, 0.2) is 0 Å². The average Bonchev–Trinajstić information content (AvgIpc) is 2.82. The largest absolute Gasteiger partial charge is 0.394 e. The van der Waals surface area contributed by atoms with Crippen molar-refractivity contribution in [2.45, 2.75) is 32.4 Å². The molecule has 0 aliphatic carbocycles. The molecule has 0 saturated carbocycles. The number of aliphatic hydroxyl groups excluding tert-OH is 1. The first-order chi connectivity index (χ1) is 8.56. The molecule has 0 saturated heterocycles. The summed E-state index contributed by atoms with van der Waals surface area (Å²) in [6.45, 7) is 2.08. The summed E-state index contributed by atoms with van der Waals surface area (Å²) in [6, 6.07) is -0.241. The molecule has 8 heteroatoms. The van der Waals surface area contributed by atoms with Crippen molar-refractivity contribution in [3.05, 3.63) is 22.6 Å². The lowest BCUT2D eigenvalue weighted by atomic mass is 10.2. The molecule has 0 spiro atoms. The number of amides is 1. The Hall–Kier alpha value is -1.96. The number of imidazole rings is 1. The number of hydrogen-bond donors (Lipinski definition) is 2. The standard InChI is InChI=1S/C10H16N4O4/c1-2-8(6-15)12-10(16)3-4-13-5-9(11-7-13)14(17)18/h5,7-8,15H,2-4,6H2,1H3,(H,12,16)/t8-/m1/s1. The molecule has 2 N–H and O–H groups in total. The maximum absolute atomic E-state index is 11.5. The minimum atomic E-state index is -0.588. The first kappa shape index (κ1) is 14.1. The van der Waals surface area contributed by atoms with E-state index in [9.17, 15) is 14.9 Å². The van der Waals surface area contributed by atoms with Crippen LogP contribution in [0.5, 0.6) is 0 Å². The lowest BCUT2D eigenvalue weighted by Gasteiger charge is -2.13. The highest BCUT2D eigenvalue weighted by Crippen LogP contribution is 2.06. The van der Waals surface area contributed by atoms with Crippen LogP contribution in [0.4, 0.5) is 5.82 Å². The fourth-order valence-electron chi connectivity index (χ4n) is 1.37. The van der Waals surface area contributed by atoms with Gasteiger partial charge in [-0.1, -0.05) is 6.92 Å². The van der Waals surface area contributed by atoms with Crippen molar-refractivity contribution < 1.29 is 14.8 Å². The van der Waals surface area contributed by atoms with E-state index in [1.165, 1.54) is 17.1 Å². The molecule has 0 radical (unpaired) electrons. The second kappa shape index (κ2) is 6.70. The van der Waals surface area contributed by atoms with Gasteiger partial charge in [-0.2, -0.15) is 0 Å². The molecule has 1 amide bonds. The van der Waals surface area contributed by atoms with Gasteiger partial charge in [-0.05, 0) is 16.3 Å². The predicted molar refractivity (Wildman–Crippen MR) is 62.8 cm³/mol. The Balaban J connectivity index is 2.39. The van der Waals surface area contributed by atoms with Crippen molar-refractivity contribution in [3.63, 3.8) is 0 Å². The van der Waals surface area contributed by atoms with Crippen molar-refractivity contribution in [1.29, 1.82) is 0 Å². The molecule has 1 aromatic rings. The van der Waals surface area contributed by atoms with Gasteiger partial charge in [0.25, 0.3) is 0 Å². The lowest BCUT2D eigenvalue weighted by Crippen LogP contribution is -2.37. The average molecular weight is 256 g/mol. The number of nitrogens with one attached hydrogen (secondary N) is 1. The van der Waals surface area contributed by atoms with Gasteiger partial charge in [0, 0.05) is 13.0 Å². The van der Waals surface area contributed by atoms with Gasteiger partial charge in [-0.25, -0.2) is 0 Å². The van der Waals surface area contributed by atoms with E-state index in [0.717, 1.165) is 0 Å². The minimum Gasteiger partial charge on any atom is -0.394 e. The molecule has 1 atom stereocenters. The van der Waals surface area contributed by atoms with Crippen LogP contribution in [-0.2, 0) is 11.3 Å². The van der Waals surface area contributed by atoms with Crippen molar-refractivity contribution in [1.82, 2.24) is 14.9 Å². The molecule has 18 heavy (non-hydrogen) atoms. The summed E-state index contributed by atoms with van der Waals surface area (Å²) in [5.74, 6) is -0.440. The molecule has 1 heterocycles. The van der Waals surface area contributed by atoms with Crippen LogP contribution < -0.4 is 5.32 Å². The third-order valence-corrected chi connectivity index (χ3v) is 2.48. The Morgan fingerprint density at radius 2 is 2.44 bits per heavy atom. The van der Waals surface area contributed by atoms with Gasteiger partial charge in [-0.3, -0.25) is 4.79 Å². The topological polar surface area (TPSA) is 110 Å². The smallest absolute Gasteiger partial charge is 0.381 e. The molecule has 100 valence electrons. The van der Waals surface area contributed by atoms with Crippen molar-refractivity contribution >= 4 is 11.7 Å². The van der Waals surface area contributed by atoms with E-state index < -0.39 is 4.92 Å². The van der Waals surface area contributed by atoms with Crippen LogP contribution in [-0.4, -0.2) is 38.1 Å². The van der Waals surface area contributed by atoms with Crippen LogP contribution in [0.1, 0.15) is 19.8 Å². The Kier molecular flexibility index (Phi) is 5.25. The summed E-state index contributed by atoms with van der Waals surface area (Å²) >= 11 is 0. The SMILES string of the molecule is CC[C@H](CO)NC(=O)CCn1cnc([N+](=O)[O-])c1. The fourth-order valence-corrected chi connectivity index (χ4v) is 1.37. The Morgan fingerprint density at radius 1 is 1.72 bits per heavy atom. The second-order valence-electron chi connectivity index (χ2n) is 3.83. The number of nitro groups is 1. The molecule has 0 aromatic carbocycles. The van der Waals surface area contributed by atoms with Crippen molar-refractivity contribution in [2.75, 3.05) is 6.61 Å². The number of rotatable bonds is 7. The molecule has 0 aliphatic rings. The van der Waals surface area contributed by atoms with Crippen molar-refractivity contribution in [3.8, 4) is 0 Å². The summed E-state index contributed by atoms with van der Waals surface area (Å²) in [6.07, 6.45) is 3.42. The summed E-state index contributed by atoms with van der Waals surface area (Å²) in [5, 5.41) is 22.0. The first-order valence-corrected chi connectivity index (χ1v) is 5.63. The van der Waals surface area contributed by atoms with Gasteiger partial charge in [-0.15, -0.1) is 0 Å². The molecule has 0 fully saturated rings. The molecule has 0 aliphatic heterocycles. The van der Waals surface area contributed by atoms with E-state index in [2.05, 4.69) is 10.3 Å². The highest BCUT2D eigenvalue weighted by molar-refractivity contribution is 5.76. The third-order valence-electron chi connectivity index (χ3n) is 2.48. The van der Waals surface area contributed by atoms with E-state index >= 15 is 0 Å². The number of aryl methyl sites for hydroxylation is 1. The van der Waals surface area contributed by atoms with E-state index in [0.29, 0.717) is 13.0 Å². The van der Waals surface area contributed by atoms with Gasteiger partial charge in [0.1, 0.15) is 6.20 Å². The van der Waals surface area contributed by atoms with Crippen molar-refractivity contribution in [2.24, 2.45) is 0 Å². The van der Waals surface area contributed by atoms with E-state index in [-0.39, 0.29) is 30.8 Å². The maximum Gasteiger partial charge on any atom is 0.381 e. The molecule has 1 rings (SSSR count). The maximum atomic E-state index is 11.5. The third kappa shape index (κ3) is 4.13. The highest BCUT2D eigenvalue weighted by atomic mass is 16.6. The predicted octanol–water partition coefficient (Wildman–Crippen LogP) is 0.0685. The molecular formula is C10H16N4O4. The minimum absolute atomic E-state index is 0.0984. The molecule has 1 aromatic heterocycles. The highest BCUT2D eigenvalue weighted by Gasteiger charge is 2.12. The van der Waals surface area contributed by atoms with Gasteiger partial charge >= 0.3 is 5.82 Å². The number of aliphatic hydroxyl groups is 1. The van der Waals surface area contributed by atoms with Crippen LogP contribution in [0.2, 0.25) is 0 Å². The van der Waals surface area contributed by atoms with Crippen LogP contribution in [0.25, 0.3) is 0 Å². The fraction of sp³-hybridized carbons (Fsp3) is 0.600. The number of nitrogens with zero attached hydrogens (tertiary/aromatic N) is 3. The summed E-state index contributed by atoms with van der Waals surface area (Å²) < 4.78 is 1.48. The number of aromatic nitrogens is 2. The quantitative estimate of drug-likeness (QED) is 0.529. The number of carbonyl (C=O) groups excluding carboxylic acids is 1. The van der Waals surface area contributed by atoms with Gasteiger partial charge in [0.2, 0.25) is 12.2 Å². The van der Waals surface area contributed by atoms with Gasteiger partial charge in [0.05, 0.1) is 12.6 Å². The van der Waals surface area contributed by atoms with E-state index in [1.54, 1.807) is 0 Å². The van der Waals surface area contributed by atoms with E-state index in [4.69, 9.17) is 5.11 Å². The zero-order valence-electron chi connectivity index (χ0n) is 10.1. The Morgan fingerprint density at radius 3 is 2.94 bits per heavy atom. The normalized spacial score (nSPS) is 12.1. The summed E-state index contributed by atoms with van der Waals surface area (Å²) in [7, 11) is 0. The monoisotopic (exact) mass is 256 g/mol. The van der Waals surface area contributed by atoms with E-state index in [1.807, 2.05) is 6.92 Å². The number of carbonyl (C=O) groups is 1. The molecule has 0 bridgehead atoms. The molecule has 0 unspecified atom stereocenters. The first-order valence-electron chi connectivity index (χ1n) is 5.63. The Labute approximate surface area is 104 Å². The molecular weight excluding hydrogens is 240 g/mol. The second-order valence-corrected chi connectivity index (χ2v) is 3.83. The summed E-state index contributed by atoms with van der Waals surface area (Å²) in [5.41, 5.74) is 0. The van der Waals surface area contributed by atoms with Gasteiger partial charge < -0.3 is 25.1 Å². The molecule has 8 nitrogen and oxygen atoms in total. The van der Waals surface area contributed by atoms with Crippen LogP contribution in [0, 0.1) is 10.1 Å². The van der Waals surface area contributed by atoms with Crippen LogP contribution in [0.15, 0.2) is 12.5 Å². The van der Waals surface area contributed by atoms with Crippen LogP contribution in [0.3, 0.4) is 0 Å². The van der Waals surface area contributed by atoms with Crippen LogP contribution >= 0.6 is 0 Å².